The van der Waals surface area contributed by atoms with E-state index < -0.39 is 0 Å². The molecule has 0 radical (unpaired) electrons. The molecule has 2 aliphatic rings. The second kappa shape index (κ2) is 6.73. The number of ether oxygens (including phenoxy) is 3. The van der Waals surface area contributed by atoms with E-state index >= 15 is 0 Å². The summed E-state index contributed by atoms with van der Waals surface area (Å²) in [5.41, 5.74) is 2.72. The smallest absolute Gasteiger partial charge is 0.231 e. The number of hydrogen-bond acceptors (Lipinski definition) is 4. The van der Waals surface area contributed by atoms with Crippen molar-refractivity contribution < 1.29 is 14.2 Å². The Kier molecular flexibility index (Phi) is 4.30. The molecule has 2 aromatic carbocycles. The molecule has 1 saturated heterocycles. The van der Waals surface area contributed by atoms with Crippen LogP contribution < -0.4 is 19.5 Å². The highest BCUT2D eigenvalue weighted by Crippen LogP contribution is 2.36. The molecule has 1 fully saturated rings. The number of nitrogens with one attached hydrogen (secondary N) is 1. The SMILES string of the molecule is Cc1ccc([C@@H]2CCNC[C@H]2COc2ccc3c(c2)OCO3)cc1. The van der Waals surface area contributed by atoms with E-state index in [1.54, 1.807) is 0 Å². The van der Waals surface area contributed by atoms with Crippen molar-refractivity contribution in [3.8, 4) is 17.2 Å². The second-order valence-corrected chi connectivity index (χ2v) is 6.60. The molecular formula is C20H23NO3. The van der Waals surface area contributed by atoms with Gasteiger partial charge in [0.25, 0.3) is 0 Å². The van der Waals surface area contributed by atoms with E-state index in [1.165, 1.54) is 11.1 Å². The number of aryl methyl sites for hydroxylation is 1. The highest BCUT2D eigenvalue weighted by molar-refractivity contribution is 5.46. The summed E-state index contributed by atoms with van der Waals surface area (Å²) >= 11 is 0. The zero-order valence-electron chi connectivity index (χ0n) is 14.0. The Bertz CT molecular complexity index is 699. The van der Waals surface area contributed by atoms with Crippen LogP contribution in [0.1, 0.15) is 23.5 Å². The molecule has 4 rings (SSSR count). The van der Waals surface area contributed by atoms with Crippen molar-refractivity contribution >= 4 is 0 Å². The van der Waals surface area contributed by atoms with Gasteiger partial charge in [-0.05, 0) is 43.5 Å². The van der Waals surface area contributed by atoms with Gasteiger partial charge < -0.3 is 19.5 Å². The maximum atomic E-state index is 6.07. The van der Waals surface area contributed by atoms with Crippen LogP contribution >= 0.6 is 0 Å². The van der Waals surface area contributed by atoms with E-state index in [4.69, 9.17) is 14.2 Å². The number of piperidine rings is 1. The van der Waals surface area contributed by atoms with Crippen molar-refractivity contribution in [2.75, 3.05) is 26.5 Å². The molecule has 0 bridgehead atoms. The van der Waals surface area contributed by atoms with Crippen LogP contribution in [0.2, 0.25) is 0 Å². The van der Waals surface area contributed by atoms with Crippen molar-refractivity contribution in [3.05, 3.63) is 53.6 Å². The van der Waals surface area contributed by atoms with E-state index in [9.17, 15) is 0 Å². The number of fused-ring (bicyclic) bond motifs is 1. The van der Waals surface area contributed by atoms with Crippen LogP contribution in [-0.2, 0) is 0 Å². The van der Waals surface area contributed by atoms with E-state index in [-0.39, 0.29) is 0 Å². The third-order valence-corrected chi connectivity index (χ3v) is 4.92. The Labute approximate surface area is 142 Å². The summed E-state index contributed by atoms with van der Waals surface area (Å²) in [6.07, 6.45) is 1.15. The summed E-state index contributed by atoms with van der Waals surface area (Å²) in [5.74, 6) is 3.41. The summed E-state index contributed by atoms with van der Waals surface area (Å²) in [4.78, 5) is 0. The fourth-order valence-electron chi connectivity index (χ4n) is 3.52. The molecule has 2 aliphatic heterocycles. The van der Waals surface area contributed by atoms with Crippen molar-refractivity contribution in [2.45, 2.75) is 19.3 Å². The number of benzene rings is 2. The minimum absolute atomic E-state index is 0.292. The van der Waals surface area contributed by atoms with Crippen molar-refractivity contribution in [1.29, 1.82) is 0 Å². The normalized spacial score (nSPS) is 22.4. The fourth-order valence-corrected chi connectivity index (χ4v) is 3.52. The van der Waals surface area contributed by atoms with Crippen LogP contribution in [-0.4, -0.2) is 26.5 Å². The molecule has 0 aromatic heterocycles. The predicted octanol–water partition coefficient (Wildman–Crippen LogP) is 3.50. The van der Waals surface area contributed by atoms with Crippen LogP contribution in [0.4, 0.5) is 0 Å². The predicted molar refractivity (Wildman–Crippen MR) is 93.0 cm³/mol. The first-order chi connectivity index (χ1) is 11.8. The lowest BCUT2D eigenvalue weighted by molar-refractivity contribution is 0.173. The largest absolute Gasteiger partial charge is 0.493 e. The molecule has 0 amide bonds. The van der Waals surface area contributed by atoms with Gasteiger partial charge in [0.15, 0.2) is 11.5 Å². The average Bonchev–Trinajstić information content (AvgIpc) is 3.09. The zero-order valence-corrected chi connectivity index (χ0v) is 14.0. The maximum absolute atomic E-state index is 6.07. The monoisotopic (exact) mass is 325 g/mol. The van der Waals surface area contributed by atoms with Crippen molar-refractivity contribution in [3.63, 3.8) is 0 Å². The van der Waals surface area contributed by atoms with E-state index in [1.807, 2.05) is 18.2 Å². The molecule has 2 atom stereocenters. The quantitative estimate of drug-likeness (QED) is 0.934. The highest BCUT2D eigenvalue weighted by atomic mass is 16.7. The molecular weight excluding hydrogens is 302 g/mol. The Morgan fingerprint density at radius 1 is 1.08 bits per heavy atom. The molecule has 0 aliphatic carbocycles. The molecule has 126 valence electrons. The Morgan fingerprint density at radius 2 is 1.92 bits per heavy atom. The van der Waals surface area contributed by atoms with E-state index in [0.717, 1.165) is 36.8 Å². The Morgan fingerprint density at radius 3 is 2.79 bits per heavy atom. The topological polar surface area (TPSA) is 39.7 Å². The van der Waals surface area contributed by atoms with Gasteiger partial charge in [0.1, 0.15) is 5.75 Å². The van der Waals surface area contributed by atoms with E-state index in [0.29, 0.717) is 25.2 Å². The van der Waals surface area contributed by atoms with Gasteiger partial charge in [0.05, 0.1) is 6.61 Å². The molecule has 4 heteroatoms. The van der Waals surface area contributed by atoms with Crippen LogP contribution in [0.25, 0.3) is 0 Å². The van der Waals surface area contributed by atoms with Crippen LogP contribution in [0.3, 0.4) is 0 Å². The first-order valence-corrected chi connectivity index (χ1v) is 8.59. The second-order valence-electron chi connectivity index (χ2n) is 6.60. The lowest BCUT2D eigenvalue weighted by atomic mass is 9.81. The summed E-state index contributed by atoms with van der Waals surface area (Å²) in [5, 5.41) is 3.50. The van der Waals surface area contributed by atoms with Crippen molar-refractivity contribution in [2.24, 2.45) is 5.92 Å². The Hall–Kier alpha value is -2.20. The minimum atomic E-state index is 0.292. The van der Waals surface area contributed by atoms with Crippen LogP contribution in [0.15, 0.2) is 42.5 Å². The highest BCUT2D eigenvalue weighted by Gasteiger charge is 2.27. The summed E-state index contributed by atoms with van der Waals surface area (Å²) in [6, 6.07) is 14.7. The molecule has 0 unspecified atom stereocenters. The number of hydrogen-bond donors (Lipinski definition) is 1. The zero-order chi connectivity index (χ0) is 16.4. The fraction of sp³-hybridized carbons (Fsp3) is 0.400. The molecule has 24 heavy (non-hydrogen) atoms. The molecule has 4 nitrogen and oxygen atoms in total. The average molecular weight is 325 g/mol. The third-order valence-electron chi connectivity index (χ3n) is 4.92. The van der Waals surface area contributed by atoms with Crippen molar-refractivity contribution in [1.82, 2.24) is 5.32 Å². The summed E-state index contributed by atoms with van der Waals surface area (Å²) in [6.45, 7) is 5.18. The first kappa shape index (κ1) is 15.3. The van der Waals surface area contributed by atoms with Gasteiger partial charge in [-0.1, -0.05) is 29.8 Å². The van der Waals surface area contributed by atoms with E-state index in [2.05, 4.69) is 36.5 Å². The lowest BCUT2D eigenvalue weighted by Crippen LogP contribution is -2.38. The number of rotatable bonds is 4. The summed E-state index contributed by atoms with van der Waals surface area (Å²) < 4.78 is 16.8. The van der Waals surface area contributed by atoms with Gasteiger partial charge in [-0.3, -0.25) is 0 Å². The molecule has 2 heterocycles. The molecule has 2 aromatic rings. The van der Waals surface area contributed by atoms with Gasteiger partial charge in [0, 0.05) is 18.5 Å². The molecule has 1 N–H and O–H groups in total. The maximum Gasteiger partial charge on any atom is 0.231 e. The van der Waals surface area contributed by atoms with Crippen LogP contribution in [0, 0.1) is 12.8 Å². The Balaban J connectivity index is 1.44. The summed E-state index contributed by atoms with van der Waals surface area (Å²) in [7, 11) is 0. The molecule has 0 spiro atoms. The van der Waals surface area contributed by atoms with Gasteiger partial charge in [-0.25, -0.2) is 0 Å². The van der Waals surface area contributed by atoms with Gasteiger partial charge in [-0.2, -0.15) is 0 Å². The standard InChI is InChI=1S/C20H23NO3/c1-14-2-4-15(5-3-14)18-8-9-21-11-16(18)12-22-17-6-7-19-20(10-17)24-13-23-19/h2-7,10,16,18,21H,8-9,11-13H2,1H3/t16-,18-/m0/s1. The minimum Gasteiger partial charge on any atom is -0.493 e. The lowest BCUT2D eigenvalue weighted by Gasteiger charge is -2.32. The van der Waals surface area contributed by atoms with Gasteiger partial charge >= 0.3 is 0 Å². The third kappa shape index (κ3) is 3.20. The van der Waals surface area contributed by atoms with Gasteiger partial charge in [-0.15, -0.1) is 0 Å². The molecule has 0 saturated carbocycles. The first-order valence-electron chi connectivity index (χ1n) is 8.59. The van der Waals surface area contributed by atoms with Gasteiger partial charge in [0.2, 0.25) is 6.79 Å². The van der Waals surface area contributed by atoms with Crippen LogP contribution in [0.5, 0.6) is 17.2 Å².